The number of amides is 1. The van der Waals surface area contributed by atoms with Gasteiger partial charge in [0, 0.05) is 46.0 Å². The monoisotopic (exact) mass is 575 g/mol. The number of nitrogens with one attached hydrogen (secondary N) is 1. The van der Waals surface area contributed by atoms with Crippen LogP contribution in [0.5, 0.6) is 0 Å². The van der Waals surface area contributed by atoms with Crippen LogP contribution >= 0.6 is 31.9 Å². The van der Waals surface area contributed by atoms with Crippen LogP contribution < -0.4 is 11.4 Å². The van der Waals surface area contributed by atoms with Gasteiger partial charge in [-0.25, -0.2) is 9.48 Å². The Hall–Kier alpha value is -2.72. The summed E-state index contributed by atoms with van der Waals surface area (Å²) in [4.78, 5) is 42.2. The summed E-state index contributed by atoms with van der Waals surface area (Å²) in [7, 11) is 0. The number of piperidine rings is 1. The Morgan fingerprint density at radius 1 is 1.06 bits per heavy atom. The number of nitrogens with two attached hydrogens (primary N) is 1. The van der Waals surface area contributed by atoms with Gasteiger partial charge in [-0.3, -0.25) is 14.6 Å². The zero-order chi connectivity index (χ0) is 23.5. The van der Waals surface area contributed by atoms with Crippen LogP contribution in [0.2, 0.25) is 0 Å². The van der Waals surface area contributed by atoms with Crippen LogP contribution in [0, 0.1) is 0 Å². The second kappa shape index (κ2) is 10.0. The predicted molar refractivity (Wildman–Crippen MR) is 133 cm³/mol. The fourth-order valence-corrected chi connectivity index (χ4v) is 5.12. The molecule has 1 aromatic heterocycles. The number of hydrogen-bond donors (Lipinski definition) is 2. The van der Waals surface area contributed by atoms with Gasteiger partial charge in [0.2, 0.25) is 5.91 Å². The third-order valence-corrected chi connectivity index (χ3v) is 7.13. The van der Waals surface area contributed by atoms with Crippen molar-refractivity contribution in [3.05, 3.63) is 67.5 Å². The van der Waals surface area contributed by atoms with Crippen molar-refractivity contribution in [1.29, 1.82) is 0 Å². The van der Waals surface area contributed by atoms with Crippen molar-refractivity contribution >= 4 is 49.2 Å². The number of anilines is 1. The van der Waals surface area contributed by atoms with E-state index >= 15 is 0 Å². The highest BCUT2D eigenvalue weighted by Crippen LogP contribution is 2.30. The number of Topliss-reactive ketones (excluding diaryl/α,β-unsaturated/α-hetero) is 1. The molecule has 4 rings (SSSR count). The lowest BCUT2D eigenvalue weighted by molar-refractivity contribution is -0.132. The molecule has 0 spiro atoms. The number of H-pyrrole nitrogens is 1. The van der Waals surface area contributed by atoms with E-state index in [0.29, 0.717) is 52.0 Å². The lowest BCUT2D eigenvalue weighted by Gasteiger charge is -2.31. The number of aromatic nitrogens is 3. The summed E-state index contributed by atoms with van der Waals surface area (Å²) in [5.41, 5.74) is 7.50. The lowest BCUT2D eigenvalue weighted by Crippen LogP contribution is -2.40. The zero-order valence-electron chi connectivity index (χ0n) is 17.8. The molecule has 0 radical (unpaired) electrons. The molecular weight excluding hydrogens is 554 g/mol. The number of aromatic amines is 1. The summed E-state index contributed by atoms with van der Waals surface area (Å²) in [6, 6.07) is 12.8. The van der Waals surface area contributed by atoms with Crippen LogP contribution in [0.15, 0.2) is 56.2 Å². The van der Waals surface area contributed by atoms with E-state index in [1.807, 2.05) is 30.3 Å². The van der Waals surface area contributed by atoms with Crippen molar-refractivity contribution in [2.75, 3.05) is 18.8 Å². The summed E-state index contributed by atoms with van der Waals surface area (Å²) in [6.07, 6.45) is 1.54. The molecule has 0 atom stereocenters. The van der Waals surface area contributed by atoms with Gasteiger partial charge in [0.25, 0.3) is 0 Å². The van der Waals surface area contributed by atoms with Gasteiger partial charge < -0.3 is 10.6 Å². The molecule has 1 saturated heterocycles. The van der Waals surface area contributed by atoms with Gasteiger partial charge >= 0.3 is 5.69 Å². The first kappa shape index (κ1) is 23.4. The SMILES string of the molecule is Nc1c(Br)cc(C(=O)CCC(=O)N2CCC(n3nc(-c4ccccc4)[nH]c3=O)CC2)cc1Br. The lowest BCUT2D eigenvalue weighted by atomic mass is 10.0. The molecule has 1 aliphatic heterocycles. The summed E-state index contributed by atoms with van der Waals surface area (Å²) in [5, 5.41) is 4.47. The molecule has 1 aliphatic rings. The number of likely N-dealkylation sites (tertiary alicyclic amines) is 1. The minimum absolute atomic E-state index is 0.0604. The summed E-state index contributed by atoms with van der Waals surface area (Å²) < 4.78 is 2.76. The van der Waals surface area contributed by atoms with Crippen molar-refractivity contribution in [1.82, 2.24) is 19.7 Å². The second-order valence-electron chi connectivity index (χ2n) is 7.98. The van der Waals surface area contributed by atoms with Gasteiger partial charge in [0.15, 0.2) is 11.6 Å². The number of hydrogen-bond acceptors (Lipinski definition) is 5. The van der Waals surface area contributed by atoms with E-state index in [4.69, 9.17) is 5.73 Å². The standard InChI is InChI=1S/C23H23Br2N5O3/c24-17-12-15(13-18(25)21(17)26)19(31)6-7-20(32)29-10-8-16(9-11-29)30-23(33)27-22(28-30)14-4-2-1-3-5-14/h1-5,12-13,16H,6-11,26H2,(H,27,28,33). The van der Waals surface area contributed by atoms with Crippen LogP contribution in [-0.4, -0.2) is 44.4 Å². The average Bonchev–Trinajstić information content (AvgIpc) is 3.22. The highest BCUT2D eigenvalue weighted by molar-refractivity contribution is 9.11. The third-order valence-electron chi connectivity index (χ3n) is 5.82. The topological polar surface area (TPSA) is 114 Å². The summed E-state index contributed by atoms with van der Waals surface area (Å²) >= 11 is 6.68. The minimum Gasteiger partial charge on any atom is -0.397 e. The molecule has 3 N–H and O–H groups in total. The molecule has 8 nitrogen and oxygen atoms in total. The number of carbonyl (C=O) groups excluding carboxylic acids is 2. The molecule has 2 aromatic carbocycles. The van der Waals surface area contributed by atoms with Crippen LogP contribution in [-0.2, 0) is 4.79 Å². The van der Waals surface area contributed by atoms with Crippen LogP contribution in [0.1, 0.15) is 42.1 Å². The van der Waals surface area contributed by atoms with Gasteiger partial charge in [-0.15, -0.1) is 5.10 Å². The number of carbonyl (C=O) groups is 2. The first-order valence-corrected chi connectivity index (χ1v) is 12.2. The molecule has 0 aliphatic carbocycles. The van der Waals surface area contributed by atoms with Crippen LogP contribution in [0.3, 0.4) is 0 Å². The quantitative estimate of drug-likeness (QED) is 0.338. The smallest absolute Gasteiger partial charge is 0.343 e. The molecule has 10 heteroatoms. The van der Waals surface area contributed by atoms with E-state index in [0.717, 1.165) is 5.56 Å². The highest BCUT2D eigenvalue weighted by atomic mass is 79.9. The molecule has 3 aromatic rings. The third kappa shape index (κ3) is 5.27. The molecule has 0 unspecified atom stereocenters. The number of nitrogens with zero attached hydrogens (tertiary/aromatic N) is 3. The number of ketones is 1. The zero-order valence-corrected chi connectivity index (χ0v) is 20.9. The Morgan fingerprint density at radius 2 is 1.70 bits per heavy atom. The number of nitrogen functional groups attached to an aromatic ring is 1. The maximum absolute atomic E-state index is 12.7. The van der Waals surface area contributed by atoms with E-state index in [1.165, 1.54) is 4.68 Å². The Kier molecular flexibility index (Phi) is 7.14. The van der Waals surface area contributed by atoms with Gasteiger partial charge in [0.1, 0.15) is 0 Å². The molecule has 2 heterocycles. The number of rotatable bonds is 6. The van der Waals surface area contributed by atoms with E-state index in [-0.39, 0.29) is 36.3 Å². The van der Waals surface area contributed by atoms with Gasteiger partial charge in [-0.2, -0.15) is 0 Å². The molecular formula is C23H23Br2N5O3. The van der Waals surface area contributed by atoms with Gasteiger partial charge in [-0.1, -0.05) is 30.3 Å². The second-order valence-corrected chi connectivity index (χ2v) is 9.69. The van der Waals surface area contributed by atoms with E-state index < -0.39 is 0 Å². The van der Waals surface area contributed by atoms with Crippen molar-refractivity contribution in [3.63, 3.8) is 0 Å². The molecule has 0 saturated carbocycles. The Labute approximate surface area is 207 Å². The highest BCUT2D eigenvalue weighted by Gasteiger charge is 2.26. The molecule has 172 valence electrons. The van der Waals surface area contributed by atoms with Gasteiger partial charge in [0.05, 0.1) is 11.7 Å². The van der Waals surface area contributed by atoms with Crippen molar-refractivity contribution in [2.24, 2.45) is 0 Å². The number of halogens is 2. The van der Waals surface area contributed by atoms with Crippen molar-refractivity contribution < 1.29 is 9.59 Å². The minimum atomic E-state index is -0.245. The maximum atomic E-state index is 12.7. The Morgan fingerprint density at radius 3 is 2.33 bits per heavy atom. The first-order chi connectivity index (χ1) is 15.8. The number of benzene rings is 2. The molecule has 1 amide bonds. The molecule has 33 heavy (non-hydrogen) atoms. The Balaban J connectivity index is 1.32. The van der Waals surface area contributed by atoms with Gasteiger partial charge in [-0.05, 0) is 56.8 Å². The van der Waals surface area contributed by atoms with Crippen LogP contribution in [0.25, 0.3) is 11.4 Å². The van der Waals surface area contributed by atoms with E-state index in [9.17, 15) is 14.4 Å². The normalized spacial score (nSPS) is 14.4. The fourth-order valence-electron chi connectivity index (χ4n) is 3.94. The molecule has 1 fully saturated rings. The van der Waals surface area contributed by atoms with Crippen molar-refractivity contribution in [2.45, 2.75) is 31.7 Å². The average molecular weight is 577 g/mol. The van der Waals surface area contributed by atoms with E-state index in [2.05, 4.69) is 41.9 Å². The van der Waals surface area contributed by atoms with E-state index in [1.54, 1.807) is 17.0 Å². The Bertz CT molecular complexity index is 1210. The van der Waals surface area contributed by atoms with Crippen LogP contribution in [0.4, 0.5) is 5.69 Å². The first-order valence-electron chi connectivity index (χ1n) is 10.6. The van der Waals surface area contributed by atoms with Crippen molar-refractivity contribution in [3.8, 4) is 11.4 Å². The summed E-state index contributed by atoms with van der Waals surface area (Å²) in [5.74, 6) is 0.365. The predicted octanol–water partition coefficient (Wildman–Crippen LogP) is 4.17. The largest absolute Gasteiger partial charge is 0.397 e. The summed E-state index contributed by atoms with van der Waals surface area (Å²) in [6.45, 7) is 1.05. The fraction of sp³-hybridized carbons (Fsp3) is 0.304. The maximum Gasteiger partial charge on any atom is 0.343 e. The molecule has 0 bridgehead atoms.